The first-order chi connectivity index (χ1) is 6.76. The number of aliphatic hydroxyl groups excluding tert-OH is 1. The van der Waals surface area contributed by atoms with Gasteiger partial charge in [0.15, 0.2) is 0 Å². The van der Waals surface area contributed by atoms with Crippen molar-refractivity contribution in [2.45, 2.75) is 6.61 Å². The molecule has 3 N–H and O–H groups in total. The summed E-state index contributed by atoms with van der Waals surface area (Å²) in [5, 5.41) is 11.8. The Morgan fingerprint density at radius 2 is 2.29 bits per heavy atom. The summed E-state index contributed by atoms with van der Waals surface area (Å²) in [6.45, 7) is -0.0713. The second kappa shape index (κ2) is 3.40. The number of fused-ring (bicyclic) bond motifs is 1. The molecule has 1 aromatic carbocycles. The Labute approximate surface area is 84.8 Å². The molecule has 4 heteroatoms. The summed E-state index contributed by atoms with van der Waals surface area (Å²) in [6, 6.07) is 3.43. The third-order valence-electron chi connectivity index (χ3n) is 2.11. The number of hydrogen-bond donors (Lipinski definition) is 2. The number of carbonyl (C=O) groups excluding carboxylic acids is 1. The first-order valence-electron chi connectivity index (χ1n) is 4.12. The molecule has 0 saturated heterocycles. The molecule has 72 valence electrons. The predicted octanol–water partition coefficient (Wildman–Crippen LogP) is 1.79. The monoisotopic (exact) mass is 207 g/mol. The van der Waals surface area contributed by atoms with Gasteiger partial charge in [-0.2, -0.15) is 0 Å². The molecule has 0 amide bonds. The van der Waals surface area contributed by atoms with E-state index in [0.29, 0.717) is 11.3 Å². The fraction of sp³-hybridized carbons (Fsp3) is 0.100. The molecule has 0 unspecified atom stereocenters. The highest BCUT2D eigenvalue weighted by Crippen LogP contribution is 2.31. The van der Waals surface area contributed by atoms with Crippen molar-refractivity contribution >= 4 is 33.4 Å². The third-order valence-corrected chi connectivity index (χ3v) is 3.20. The largest absolute Gasteiger partial charge is 0.398 e. The van der Waals surface area contributed by atoms with Crippen LogP contribution in [0, 0.1) is 0 Å². The van der Waals surface area contributed by atoms with E-state index in [1.54, 1.807) is 12.1 Å². The van der Waals surface area contributed by atoms with E-state index in [0.717, 1.165) is 21.9 Å². The fourth-order valence-corrected chi connectivity index (χ4v) is 2.39. The van der Waals surface area contributed by atoms with Crippen LogP contribution in [-0.2, 0) is 6.61 Å². The highest BCUT2D eigenvalue weighted by Gasteiger charge is 2.07. The number of thiophene rings is 1. The average molecular weight is 207 g/mol. The van der Waals surface area contributed by atoms with Gasteiger partial charge in [0.2, 0.25) is 0 Å². The molecule has 3 nitrogen and oxygen atoms in total. The van der Waals surface area contributed by atoms with Crippen molar-refractivity contribution < 1.29 is 9.90 Å². The Morgan fingerprint density at radius 1 is 1.50 bits per heavy atom. The Bertz CT molecular complexity index is 490. The lowest BCUT2D eigenvalue weighted by Crippen LogP contribution is -1.89. The molecule has 14 heavy (non-hydrogen) atoms. The fourth-order valence-electron chi connectivity index (χ4n) is 1.44. The molecule has 0 radical (unpaired) electrons. The second-order valence-electron chi connectivity index (χ2n) is 3.02. The number of nitrogen functional groups attached to an aromatic ring is 1. The van der Waals surface area contributed by atoms with Gasteiger partial charge in [-0.25, -0.2) is 0 Å². The molecule has 0 bridgehead atoms. The van der Waals surface area contributed by atoms with E-state index in [-0.39, 0.29) is 6.61 Å². The van der Waals surface area contributed by atoms with Crippen LogP contribution >= 0.6 is 11.3 Å². The summed E-state index contributed by atoms with van der Waals surface area (Å²) in [5.41, 5.74) is 7.70. The summed E-state index contributed by atoms with van der Waals surface area (Å²) < 4.78 is 0.954. The van der Waals surface area contributed by atoms with Gasteiger partial charge in [-0.1, -0.05) is 0 Å². The zero-order valence-corrected chi connectivity index (χ0v) is 8.17. The van der Waals surface area contributed by atoms with E-state index in [2.05, 4.69) is 0 Å². The van der Waals surface area contributed by atoms with E-state index in [1.807, 2.05) is 5.38 Å². The maximum absolute atomic E-state index is 10.6. The van der Waals surface area contributed by atoms with E-state index in [1.165, 1.54) is 11.3 Å². The van der Waals surface area contributed by atoms with Crippen LogP contribution in [0.3, 0.4) is 0 Å². The molecule has 2 aromatic rings. The summed E-state index contributed by atoms with van der Waals surface area (Å²) in [7, 11) is 0. The highest BCUT2D eigenvalue weighted by molar-refractivity contribution is 7.18. The van der Waals surface area contributed by atoms with Crippen molar-refractivity contribution in [2.75, 3.05) is 5.73 Å². The number of aliphatic hydroxyl groups is 1. The van der Waals surface area contributed by atoms with Gasteiger partial charge in [-0.3, -0.25) is 4.79 Å². The summed E-state index contributed by atoms with van der Waals surface area (Å²) in [6.07, 6.45) is 0.760. The first-order valence-corrected chi connectivity index (χ1v) is 5.00. The summed E-state index contributed by atoms with van der Waals surface area (Å²) in [5.74, 6) is 0. The number of hydrogen-bond acceptors (Lipinski definition) is 4. The minimum atomic E-state index is -0.0713. The van der Waals surface area contributed by atoms with Crippen LogP contribution in [0.4, 0.5) is 5.69 Å². The summed E-state index contributed by atoms with van der Waals surface area (Å²) >= 11 is 1.48. The number of anilines is 1. The standard InChI is InChI=1S/C10H9NO2S/c11-9-5-14-10-7(4-13)1-6(3-12)2-8(9)10/h1-3,5,13H,4,11H2. The first kappa shape index (κ1) is 9.18. The zero-order valence-electron chi connectivity index (χ0n) is 7.36. The van der Waals surface area contributed by atoms with E-state index in [4.69, 9.17) is 10.8 Å². The predicted molar refractivity (Wildman–Crippen MR) is 57.5 cm³/mol. The van der Waals surface area contributed by atoms with Crippen LogP contribution in [0.2, 0.25) is 0 Å². The van der Waals surface area contributed by atoms with Gasteiger partial charge in [0.05, 0.1) is 12.3 Å². The third kappa shape index (κ3) is 1.29. The van der Waals surface area contributed by atoms with Gasteiger partial charge in [-0.15, -0.1) is 11.3 Å². The number of nitrogens with two attached hydrogens (primary N) is 1. The molecule has 1 aromatic heterocycles. The molecule has 0 aliphatic heterocycles. The van der Waals surface area contributed by atoms with Crippen LogP contribution in [-0.4, -0.2) is 11.4 Å². The van der Waals surface area contributed by atoms with Crippen LogP contribution in [0.15, 0.2) is 17.5 Å². The van der Waals surface area contributed by atoms with Crippen LogP contribution in [0.1, 0.15) is 15.9 Å². The number of aldehydes is 1. The molecular formula is C10H9NO2S. The number of benzene rings is 1. The zero-order chi connectivity index (χ0) is 10.1. The molecule has 0 spiro atoms. The topological polar surface area (TPSA) is 63.3 Å². The minimum absolute atomic E-state index is 0.0713. The van der Waals surface area contributed by atoms with Gasteiger partial charge in [0, 0.05) is 21.0 Å². The Balaban J connectivity index is 2.82. The Hall–Kier alpha value is -1.39. The van der Waals surface area contributed by atoms with Crippen molar-refractivity contribution in [1.82, 2.24) is 0 Å². The molecule has 0 aliphatic rings. The number of rotatable bonds is 2. The molecule has 0 saturated carbocycles. The molecule has 1 heterocycles. The van der Waals surface area contributed by atoms with Crippen molar-refractivity contribution in [2.24, 2.45) is 0 Å². The van der Waals surface area contributed by atoms with Crippen molar-refractivity contribution in [1.29, 1.82) is 0 Å². The van der Waals surface area contributed by atoms with Crippen molar-refractivity contribution in [3.63, 3.8) is 0 Å². The highest BCUT2D eigenvalue weighted by atomic mass is 32.1. The quantitative estimate of drug-likeness (QED) is 0.738. The molecule has 0 fully saturated rings. The Kier molecular flexibility index (Phi) is 2.23. The van der Waals surface area contributed by atoms with Crippen molar-refractivity contribution in [3.8, 4) is 0 Å². The normalized spacial score (nSPS) is 10.6. The van der Waals surface area contributed by atoms with Crippen LogP contribution in [0.5, 0.6) is 0 Å². The molecule has 0 atom stereocenters. The average Bonchev–Trinajstić information content (AvgIpc) is 2.59. The van der Waals surface area contributed by atoms with Gasteiger partial charge < -0.3 is 10.8 Å². The van der Waals surface area contributed by atoms with Crippen molar-refractivity contribution in [3.05, 3.63) is 28.6 Å². The lowest BCUT2D eigenvalue weighted by atomic mass is 10.1. The minimum Gasteiger partial charge on any atom is -0.398 e. The van der Waals surface area contributed by atoms with E-state index < -0.39 is 0 Å². The molecular weight excluding hydrogens is 198 g/mol. The van der Waals surface area contributed by atoms with Gasteiger partial charge in [0.25, 0.3) is 0 Å². The molecule has 0 aliphatic carbocycles. The van der Waals surface area contributed by atoms with Crippen LogP contribution < -0.4 is 5.73 Å². The smallest absolute Gasteiger partial charge is 0.150 e. The summed E-state index contributed by atoms with van der Waals surface area (Å²) in [4.78, 5) is 10.6. The maximum atomic E-state index is 10.6. The van der Waals surface area contributed by atoms with Gasteiger partial charge in [-0.05, 0) is 17.7 Å². The lowest BCUT2D eigenvalue weighted by molar-refractivity contribution is 0.112. The van der Waals surface area contributed by atoms with E-state index >= 15 is 0 Å². The maximum Gasteiger partial charge on any atom is 0.150 e. The molecule has 2 rings (SSSR count). The van der Waals surface area contributed by atoms with Gasteiger partial charge in [0.1, 0.15) is 6.29 Å². The van der Waals surface area contributed by atoms with Crippen LogP contribution in [0.25, 0.3) is 10.1 Å². The number of carbonyl (C=O) groups is 1. The second-order valence-corrected chi connectivity index (χ2v) is 3.90. The van der Waals surface area contributed by atoms with E-state index in [9.17, 15) is 4.79 Å². The Morgan fingerprint density at radius 3 is 2.93 bits per heavy atom. The lowest BCUT2D eigenvalue weighted by Gasteiger charge is -2.00. The SMILES string of the molecule is Nc1csc2c(CO)cc(C=O)cc12. The van der Waals surface area contributed by atoms with Gasteiger partial charge >= 0.3 is 0 Å².